The third kappa shape index (κ3) is 4.87. The van der Waals surface area contributed by atoms with E-state index < -0.39 is 11.8 Å². The van der Waals surface area contributed by atoms with Gasteiger partial charge in [-0.15, -0.1) is 11.3 Å². The molecule has 1 aliphatic rings. The molecule has 0 unspecified atom stereocenters. The van der Waals surface area contributed by atoms with Crippen molar-refractivity contribution in [2.75, 3.05) is 26.9 Å². The van der Waals surface area contributed by atoms with E-state index in [9.17, 15) is 9.59 Å². The van der Waals surface area contributed by atoms with E-state index in [0.29, 0.717) is 26.3 Å². The van der Waals surface area contributed by atoms with Crippen molar-refractivity contribution in [1.82, 2.24) is 10.6 Å². The van der Waals surface area contributed by atoms with Gasteiger partial charge in [-0.1, -0.05) is 18.2 Å². The first-order chi connectivity index (χ1) is 13.1. The fourth-order valence-electron chi connectivity index (χ4n) is 3.19. The molecule has 7 heteroatoms. The first kappa shape index (κ1) is 19.4. The minimum Gasteiger partial charge on any atom is -0.497 e. The van der Waals surface area contributed by atoms with Crippen LogP contribution in [0.1, 0.15) is 23.3 Å². The van der Waals surface area contributed by atoms with E-state index in [2.05, 4.69) is 16.7 Å². The summed E-state index contributed by atoms with van der Waals surface area (Å²) in [6.07, 6.45) is 1.67. The molecule has 2 N–H and O–H groups in total. The van der Waals surface area contributed by atoms with Crippen LogP contribution in [0.25, 0.3) is 0 Å². The van der Waals surface area contributed by atoms with E-state index in [4.69, 9.17) is 9.47 Å². The number of hydrogen-bond donors (Lipinski definition) is 2. The van der Waals surface area contributed by atoms with Gasteiger partial charge in [0.25, 0.3) is 0 Å². The SMILES string of the molecule is COc1ccc(CNC(=O)C(=O)NCC2(c3cccs3)CCOCC2)cc1. The van der Waals surface area contributed by atoms with Gasteiger partial charge in [0.1, 0.15) is 5.75 Å². The van der Waals surface area contributed by atoms with Crippen molar-refractivity contribution in [3.63, 3.8) is 0 Å². The molecule has 2 heterocycles. The second-order valence-electron chi connectivity index (χ2n) is 6.58. The number of rotatable bonds is 6. The maximum absolute atomic E-state index is 12.2. The highest BCUT2D eigenvalue weighted by Crippen LogP contribution is 2.36. The summed E-state index contributed by atoms with van der Waals surface area (Å²) in [5, 5.41) is 7.51. The van der Waals surface area contributed by atoms with Gasteiger partial charge in [-0.25, -0.2) is 0 Å². The summed E-state index contributed by atoms with van der Waals surface area (Å²) in [5.41, 5.74) is 0.745. The number of methoxy groups -OCH3 is 1. The average Bonchev–Trinajstić information content (AvgIpc) is 3.27. The molecule has 6 nitrogen and oxygen atoms in total. The van der Waals surface area contributed by atoms with E-state index in [1.807, 2.05) is 35.7 Å². The van der Waals surface area contributed by atoms with Gasteiger partial charge < -0.3 is 20.1 Å². The van der Waals surface area contributed by atoms with E-state index in [0.717, 1.165) is 24.2 Å². The molecule has 144 valence electrons. The highest BCUT2D eigenvalue weighted by Gasteiger charge is 2.36. The van der Waals surface area contributed by atoms with Crippen molar-refractivity contribution >= 4 is 23.2 Å². The standard InChI is InChI=1S/C20H24N2O4S/c1-25-16-6-4-15(5-7-16)13-21-18(23)19(24)22-14-20(8-10-26-11-9-20)17-3-2-12-27-17/h2-7,12H,8-11,13-14H2,1H3,(H,21,23)(H,22,24). The van der Waals surface area contributed by atoms with Crippen LogP contribution < -0.4 is 15.4 Å². The molecule has 0 atom stereocenters. The van der Waals surface area contributed by atoms with Gasteiger partial charge in [0.15, 0.2) is 0 Å². The van der Waals surface area contributed by atoms with Gasteiger partial charge in [0.2, 0.25) is 0 Å². The van der Waals surface area contributed by atoms with Gasteiger partial charge in [-0.2, -0.15) is 0 Å². The highest BCUT2D eigenvalue weighted by molar-refractivity contribution is 7.10. The number of amides is 2. The van der Waals surface area contributed by atoms with Crippen molar-refractivity contribution in [3.8, 4) is 5.75 Å². The molecule has 2 amide bonds. The van der Waals surface area contributed by atoms with Crippen LogP contribution in [0.15, 0.2) is 41.8 Å². The normalized spacial score (nSPS) is 15.7. The predicted molar refractivity (Wildman–Crippen MR) is 104 cm³/mol. The van der Waals surface area contributed by atoms with Gasteiger partial charge >= 0.3 is 11.8 Å². The van der Waals surface area contributed by atoms with Crippen LogP contribution in [0.5, 0.6) is 5.75 Å². The molecule has 1 aromatic heterocycles. The summed E-state index contributed by atoms with van der Waals surface area (Å²) in [7, 11) is 1.60. The Morgan fingerprint density at radius 1 is 1.11 bits per heavy atom. The number of nitrogens with one attached hydrogen (secondary N) is 2. The molecule has 1 fully saturated rings. The number of benzene rings is 1. The fourth-order valence-corrected chi connectivity index (χ4v) is 4.18. The smallest absolute Gasteiger partial charge is 0.309 e. The highest BCUT2D eigenvalue weighted by atomic mass is 32.1. The lowest BCUT2D eigenvalue weighted by atomic mass is 9.78. The minimum absolute atomic E-state index is 0.154. The average molecular weight is 388 g/mol. The Morgan fingerprint density at radius 2 is 1.81 bits per heavy atom. The summed E-state index contributed by atoms with van der Waals surface area (Å²) >= 11 is 1.68. The lowest BCUT2D eigenvalue weighted by Crippen LogP contribution is -2.48. The Morgan fingerprint density at radius 3 is 2.44 bits per heavy atom. The number of carbonyl (C=O) groups excluding carboxylic acids is 2. The zero-order chi connectivity index (χ0) is 19.1. The van der Waals surface area contributed by atoms with Gasteiger partial charge in [0.05, 0.1) is 7.11 Å². The Hall–Kier alpha value is -2.38. The maximum Gasteiger partial charge on any atom is 0.309 e. The van der Waals surface area contributed by atoms with Crippen LogP contribution in [0.4, 0.5) is 0 Å². The summed E-state index contributed by atoms with van der Waals surface area (Å²) in [4.78, 5) is 25.6. The first-order valence-corrected chi connectivity index (χ1v) is 9.82. The van der Waals surface area contributed by atoms with Crippen LogP contribution in [0.3, 0.4) is 0 Å². The van der Waals surface area contributed by atoms with Crippen molar-refractivity contribution in [2.24, 2.45) is 0 Å². The van der Waals surface area contributed by atoms with E-state index in [1.54, 1.807) is 18.4 Å². The van der Waals surface area contributed by atoms with Gasteiger partial charge in [-0.05, 0) is 42.0 Å². The van der Waals surface area contributed by atoms with E-state index in [1.165, 1.54) is 4.88 Å². The molecule has 2 aromatic rings. The molecule has 1 saturated heterocycles. The third-order valence-electron chi connectivity index (χ3n) is 4.90. The Bertz CT molecular complexity index is 753. The molecule has 0 aliphatic carbocycles. The van der Waals surface area contributed by atoms with Crippen LogP contribution in [-0.2, 0) is 26.3 Å². The number of thiophene rings is 1. The van der Waals surface area contributed by atoms with Crippen LogP contribution in [-0.4, -0.2) is 38.7 Å². The lowest BCUT2D eigenvalue weighted by Gasteiger charge is -2.36. The second-order valence-corrected chi connectivity index (χ2v) is 7.53. The van der Waals surface area contributed by atoms with Crippen molar-refractivity contribution in [3.05, 3.63) is 52.2 Å². The maximum atomic E-state index is 12.2. The fraction of sp³-hybridized carbons (Fsp3) is 0.400. The molecule has 1 aliphatic heterocycles. The van der Waals surface area contributed by atoms with Crippen LogP contribution in [0.2, 0.25) is 0 Å². The molecule has 0 bridgehead atoms. The molecular weight excluding hydrogens is 364 g/mol. The first-order valence-electron chi connectivity index (χ1n) is 8.94. The van der Waals surface area contributed by atoms with E-state index in [-0.39, 0.29) is 5.41 Å². The summed E-state index contributed by atoms with van der Waals surface area (Å²) in [5.74, 6) is -0.483. The molecule has 1 aromatic carbocycles. The number of ether oxygens (including phenoxy) is 2. The lowest BCUT2D eigenvalue weighted by molar-refractivity contribution is -0.139. The van der Waals surface area contributed by atoms with Crippen LogP contribution >= 0.6 is 11.3 Å². The molecular formula is C20H24N2O4S. The zero-order valence-electron chi connectivity index (χ0n) is 15.3. The van der Waals surface area contributed by atoms with E-state index >= 15 is 0 Å². The molecule has 27 heavy (non-hydrogen) atoms. The summed E-state index contributed by atoms with van der Waals surface area (Å²) < 4.78 is 10.6. The largest absolute Gasteiger partial charge is 0.497 e. The molecule has 0 saturated carbocycles. The van der Waals surface area contributed by atoms with Gasteiger partial charge in [0, 0.05) is 36.6 Å². The third-order valence-corrected chi connectivity index (χ3v) is 6.02. The Kier molecular flexibility index (Phi) is 6.47. The quantitative estimate of drug-likeness (QED) is 0.744. The minimum atomic E-state index is -0.626. The summed E-state index contributed by atoms with van der Waals surface area (Å²) in [6.45, 7) is 2.06. The molecule has 3 rings (SSSR count). The summed E-state index contributed by atoms with van der Waals surface area (Å²) in [6, 6.07) is 11.4. The number of hydrogen-bond acceptors (Lipinski definition) is 5. The van der Waals surface area contributed by atoms with Gasteiger partial charge in [-0.3, -0.25) is 9.59 Å². The zero-order valence-corrected chi connectivity index (χ0v) is 16.1. The predicted octanol–water partition coefficient (Wildman–Crippen LogP) is 2.24. The topological polar surface area (TPSA) is 76.7 Å². The molecule has 0 spiro atoms. The Labute approximate surface area is 162 Å². The number of carbonyl (C=O) groups is 2. The van der Waals surface area contributed by atoms with Crippen molar-refractivity contribution < 1.29 is 19.1 Å². The van der Waals surface area contributed by atoms with Crippen molar-refractivity contribution in [1.29, 1.82) is 0 Å². The Balaban J connectivity index is 1.53. The second kappa shape index (κ2) is 9.01. The van der Waals surface area contributed by atoms with Crippen molar-refractivity contribution in [2.45, 2.75) is 24.8 Å². The molecule has 0 radical (unpaired) electrons. The van der Waals surface area contributed by atoms with Crippen LogP contribution in [0, 0.1) is 0 Å². The monoisotopic (exact) mass is 388 g/mol.